The lowest BCUT2D eigenvalue weighted by molar-refractivity contribution is 0.0939. The first-order chi connectivity index (χ1) is 13.5. The van der Waals surface area contributed by atoms with E-state index >= 15 is 0 Å². The van der Waals surface area contributed by atoms with E-state index in [9.17, 15) is 4.79 Å². The first kappa shape index (κ1) is 21.2. The van der Waals surface area contributed by atoms with Crippen LogP contribution in [-0.4, -0.2) is 34.3 Å². The molecule has 0 saturated carbocycles. The van der Waals surface area contributed by atoms with E-state index in [1.165, 1.54) is 0 Å². The topological polar surface area (TPSA) is 66.0 Å². The molecule has 0 bridgehead atoms. The molecule has 0 fully saturated rings. The van der Waals surface area contributed by atoms with Crippen LogP contribution in [0.2, 0.25) is 0 Å². The third kappa shape index (κ3) is 4.57. The van der Waals surface area contributed by atoms with Crippen molar-refractivity contribution in [1.82, 2.24) is 5.32 Å². The second-order valence-electron chi connectivity index (χ2n) is 6.17. The summed E-state index contributed by atoms with van der Waals surface area (Å²) in [6.07, 6.45) is 2.31. The Morgan fingerprint density at radius 2 is 1.75 bits per heavy atom. The summed E-state index contributed by atoms with van der Waals surface area (Å²) in [7, 11) is 6.30. The molecule has 0 saturated heterocycles. The first-order valence-corrected chi connectivity index (χ1v) is 8.87. The molecule has 0 spiro atoms. The fourth-order valence-corrected chi connectivity index (χ4v) is 3.02. The van der Waals surface area contributed by atoms with Crippen LogP contribution >= 0.6 is 0 Å². The molecule has 28 heavy (non-hydrogen) atoms. The maximum atomic E-state index is 12.9. The predicted octanol–water partition coefficient (Wildman–Crippen LogP) is 3.94. The smallest absolute Gasteiger partial charge is 0.251 e. The average Bonchev–Trinajstić information content (AvgIpc) is 2.72. The van der Waals surface area contributed by atoms with E-state index in [0.29, 0.717) is 35.0 Å². The number of hydrogen-bond acceptors (Lipinski definition) is 5. The van der Waals surface area contributed by atoms with Crippen molar-refractivity contribution < 1.29 is 23.7 Å². The van der Waals surface area contributed by atoms with Crippen LogP contribution in [0.1, 0.15) is 34.5 Å². The number of ether oxygens (including phenoxy) is 4. The number of carbonyl (C=O) groups excluding carboxylic acids is 1. The van der Waals surface area contributed by atoms with E-state index in [4.69, 9.17) is 18.9 Å². The fourth-order valence-electron chi connectivity index (χ4n) is 3.02. The molecule has 0 aliphatic heterocycles. The monoisotopic (exact) mass is 385 g/mol. The second-order valence-corrected chi connectivity index (χ2v) is 6.17. The molecule has 1 amide bonds. The van der Waals surface area contributed by atoms with Crippen LogP contribution < -0.4 is 24.3 Å². The minimum atomic E-state index is -0.298. The van der Waals surface area contributed by atoms with Crippen LogP contribution in [0.4, 0.5) is 0 Å². The number of methoxy groups -OCH3 is 4. The lowest BCUT2D eigenvalue weighted by atomic mass is 10.0. The third-order valence-electron chi connectivity index (χ3n) is 4.43. The highest BCUT2D eigenvalue weighted by Crippen LogP contribution is 2.34. The van der Waals surface area contributed by atoms with Crippen molar-refractivity contribution in [1.29, 1.82) is 0 Å². The zero-order chi connectivity index (χ0) is 20.7. The van der Waals surface area contributed by atoms with Crippen molar-refractivity contribution in [2.75, 3.05) is 28.4 Å². The quantitative estimate of drug-likeness (QED) is 0.663. The third-order valence-corrected chi connectivity index (χ3v) is 4.43. The van der Waals surface area contributed by atoms with Crippen molar-refractivity contribution in [3.8, 4) is 23.0 Å². The molecule has 0 heterocycles. The molecule has 0 radical (unpaired) electrons. The molecular weight excluding hydrogens is 358 g/mol. The lowest BCUT2D eigenvalue weighted by Gasteiger charge is -2.19. The van der Waals surface area contributed by atoms with Crippen LogP contribution in [0.25, 0.3) is 0 Å². The van der Waals surface area contributed by atoms with Crippen LogP contribution in [0.5, 0.6) is 23.0 Å². The molecular formula is C22H27NO5. The highest BCUT2D eigenvalue weighted by molar-refractivity contribution is 5.95. The second kappa shape index (κ2) is 9.69. The van der Waals surface area contributed by atoms with Crippen LogP contribution in [0, 0.1) is 0 Å². The van der Waals surface area contributed by atoms with Crippen molar-refractivity contribution >= 4 is 5.91 Å². The van der Waals surface area contributed by atoms with Crippen LogP contribution in [0.3, 0.4) is 0 Å². The number of benzene rings is 2. The molecule has 2 aromatic carbocycles. The van der Waals surface area contributed by atoms with E-state index in [0.717, 1.165) is 11.1 Å². The van der Waals surface area contributed by atoms with E-state index in [1.807, 2.05) is 25.1 Å². The van der Waals surface area contributed by atoms with Crippen LogP contribution in [0.15, 0.2) is 43.0 Å². The normalized spacial score (nSPS) is 11.3. The summed E-state index contributed by atoms with van der Waals surface area (Å²) in [5.41, 5.74) is 2.12. The Bertz CT molecular complexity index is 847. The summed E-state index contributed by atoms with van der Waals surface area (Å²) in [5.74, 6) is 2.23. The summed E-state index contributed by atoms with van der Waals surface area (Å²) in [5, 5.41) is 3.00. The molecule has 6 heteroatoms. The van der Waals surface area contributed by atoms with Gasteiger partial charge in [-0.05, 0) is 43.7 Å². The van der Waals surface area contributed by atoms with Crippen LogP contribution in [-0.2, 0) is 6.42 Å². The Labute approximate surface area is 166 Å². The molecule has 6 nitrogen and oxygen atoms in total. The van der Waals surface area contributed by atoms with E-state index in [1.54, 1.807) is 46.6 Å². The SMILES string of the molecule is C=CCc1cc(C(=O)N[C@@H](C)c2cc(OC)ccc2OC)cc(OC)c1OC. The summed E-state index contributed by atoms with van der Waals surface area (Å²) in [6, 6.07) is 8.63. The number of allylic oxidation sites excluding steroid dienone is 1. The Morgan fingerprint density at radius 3 is 2.32 bits per heavy atom. The number of rotatable bonds is 9. The minimum absolute atomic E-state index is 0.233. The molecule has 1 atom stereocenters. The molecule has 1 N–H and O–H groups in total. The van der Waals surface area contributed by atoms with Gasteiger partial charge < -0.3 is 24.3 Å². The van der Waals surface area contributed by atoms with Gasteiger partial charge in [0.2, 0.25) is 0 Å². The molecule has 0 unspecified atom stereocenters. The minimum Gasteiger partial charge on any atom is -0.497 e. The van der Waals surface area contributed by atoms with Gasteiger partial charge in [-0.2, -0.15) is 0 Å². The van der Waals surface area contributed by atoms with E-state index < -0.39 is 0 Å². The highest BCUT2D eigenvalue weighted by Gasteiger charge is 2.19. The molecule has 0 aliphatic rings. The lowest BCUT2D eigenvalue weighted by Crippen LogP contribution is -2.27. The summed E-state index contributed by atoms with van der Waals surface area (Å²) in [4.78, 5) is 12.9. The van der Waals surface area contributed by atoms with Gasteiger partial charge in [0, 0.05) is 16.7 Å². The van der Waals surface area contributed by atoms with Gasteiger partial charge in [-0.15, -0.1) is 6.58 Å². The van der Waals surface area contributed by atoms with Crippen molar-refractivity contribution in [3.63, 3.8) is 0 Å². The molecule has 150 valence electrons. The van der Waals surface area contributed by atoms with Gasteiger partial charge in [0.15, 0.2) is 11.5 Å². The van der Waals surface area contributed by atoms with Gasteiger partial charge in [-0.25, -0.2) is 0 Å². The zero-order valence-corrected chi connectivity index (χ0v) is 17.0. The maximum Gasteiger partial charge on any atom is 0.251 e. The highest BCUT2D eigenvalue weighted by atomic mass is 16.5. The maximum absolute atomic E-state index is 12.9. The predicted molar refractivity (Wildman–Crippen MR) is 109 cm³/mol. The molecule has 0 aliphatic carbocycles. The number of amides is 1. The van der Waals surface area contributed by atoms with Gasteiger partial charge in [0.25, 0.3) is 5.91 Å². The largest absolute Gasteiger partial charge is 0.497 e. The van der Waals surface area contributed by atoms with Gasteiger partial charge >= 0.3 is 0 Å². The zero-order valence-electron chi connectivity index (χ0n) is 17.0. The van der Waals surface area contributed by atoms with Crippen molar-refractivity contribution in [2.24, 2.45) is 0 Å². The number of hydrogen-bond donors (Lipinski definition) is 1. The van der Waals surface area contributed by atoms with Gasteiger partial charge in [0.1, 0.15) is 11.5 Å². The van der Waals surface area contributed by atoms with Gasteiger partial charge in [0.05, 0.1) is 34.5 Å². The van der Waals surface area contributed by atoms with Crippen molar-refractivity contribution in [2.45, 2.75) is 19.4 Å². The van der Waals surface area contributed by atoms with Gasteiger partial charge in [-0.3, -0.25) is 4.79 Å². The first-order valence-electron chi connectivity index (χ1n) is 8.87. The average molecular weight is 385 g/mol. The Balaban J connectivity index is 2.34. The summed E-state index contributed by atoms with van der Waals surface area (Å²) < 4.78 is 21.5. The molecule has 2 rings (SSSR count). The Morgan fingerprint density at radius 1 is 1.04 bits per heavy atom. The standard InChI is InChI=1S/C22H27NO5/c1-7-8-15-11-16(12-20(27-5)21(15)28-6)22(24)23-14(2)18-13-17(25-3)9-10-19(18)26-4/h7,9-14H,1,8H2,2-6H3,(H,23,24)/t14-/m0/s1. The van der Waals surface area contributed by atoms with E-state index in [2.05, 4.69) is 11.9 Å². The Kier molecular flexibility index (Phi) is 7.32. The van der Waals surface area contributed by atoms with Gasteiger partial charge in [-0.1, -0.05) is 6.08 Å². The van der Waals surface area contributed by atoms with E-state index in [-0.39, 0.29) is 11.9 Å². The number of carbonyl (C=O) groups is 1. The number of nitrogens with one attached hydrogen (secondary N) is 1. The molecule has 0 aromatic heterocycles. The van der Waals surface area contributed by atoms with Crippen molar-refractivity contribution in [3.05, 3.63) is 59.7 Å². The summed E-state index contributed by atoms with van der Waals surface area (Å²) >= 11 is 0. The summed E-state index contributed by atoms with van der Waals surface area (Å²) in [6.45, 7) is 5.65. The fraction of sp³-hybridized carbons (Fsp3) is 0.318. The Hall–Kier alpha value is -3.15. The molecule has 2 aromatic rings.